The smallest absolute Gasteiger partial charge is 0.257 e. The van der Waals surface area contributed by atoms with Gasteiger partial charge in [-0.15, -0.1) is 0 Å². The van der Waals surface area contributed by atoms with Crippen LogP contribution in [-0.4, -0.2) is 39.7 Å². The Hall–Kier alpha value is -1.26. The van der Waals surface area contributed by atoms with Gasteiger partial charge in [0, 0.05) is 17.5 Å². The Labute approximate surface area is 126 Å². The van der Waals surface area contributed by atoms with Crippen molar-refractivity contribution in [2.45, 2.75) is 13.8 Å². The third-order valence-corrected chi connectivity index (χ3v) is 3.33. The van der Waals surface area contributed by atoms with Gasteiger partial charge in [0.2, 0.25) is 0 Å². The number of hydrogen-bond acceptors (Lipinski definition) is 2. The van der Waals surface area contributed by atoms with E-state index in [0.717, 1.165) is 12.1 Å². The fourth-order valence-electron chi connectivity index (χ4n) is 1.96. The molecule has 0 saturated carbocycles. The second kappa shape index (κ2) is 8.12. The summed E-state index contributed by atoms with van der Waals surface area (Å²) in [5, 5.41) is 3.58. The third kappa shape index (κ3) is 6.26. The number of hydrogen-bond donors (Lipinski definition) is 2. The quantitative estimate of drug-likeness (QED) is 0.786. The summed E-state index contributed by atoms with van der Waals surface area (Å²) in [5.74, 6) is 1.01. The number of amides is 1. The standard InChI is InChI=1S/C15H23ClN2O2/c1-11(9-18(3)4)8-17-15(19)10-20-13-5-6-14(16)12(2)7-13/h5-7,11H,8-10H2,1-4H3,(H,17,19)/p+1/t11-/m1/s1. The van der Waals surface area contributed by atoms with E-state index >= 15 is 0 Å². The zero-order chi connectivity index (χ0) is 15.1. The highest BCUT2D eigenvalue weighted by molar-refractivity contribution is 6.31. The van der Waals surface area contributed by atoms with E-state index in [1.54, 1.807) is 12.1 Å². The van der Waals surface area contributed by atoms with Gasteiger partial charge in [0.1, 0.15) is 5.75 Å². The molecule has 0 fully saturated rings. The maximum atomic E-state index is 11.7. The topological polar surface area (TPSA) is 42.8 Å². The van der Waals surface area contributed by atoms with Gasteiger partial charge in [-0.25, -0.2) is 0 Å². The number of nitrogens with one attached hydrogen (secondary N) is 2. The molecule has 20 heavy (non-hydrogen) atoms. The molecule has 1 rings (SSSR count). The minimum absolute atomic E-state index is 0.0304. The first-order chi connectivity index (χ1) is 9.38. The number of rotatable bonds is 7. The minimum atomic E-state index is -0.0989. The van der Waals surface area contributed by atoms with Crippen LogP contribution >= 0.6 is 11.6 Å². The van der Waals surface area contributed by atoms with Gasteiger partial charge in [-0.05, 0) is 30.7 Å². The number of carbonyl (C=O) groups excluding carboxylic acids is 1. The first kappa shape index (κ1) is 16.8. The van der Waals surface area contributed by atoms with E-state index in [4.69, 9.17) is 16.3 Å². The van der Waals surface area contributed by atoms with E-state index in [1.165, 1.54) is 4.90 Å². The predicted octanol–water partition coefficient (Wildman–Crippen LogP) is 0.924. The molecule has 0 saturated heterocycles. The van der Waals surface area contributed by atoms with Crippen LogP contribution in [0.15, 0.2) is 18.2 Å². The normalized spacial score (nSPS) is 12.3. The highest BCUT2D eigenvalue weighted by Crippen LogP contribution is 2.20. The Balaban J connectivity index is 2.31. The van der Waals surface area contributed by atoms with Gasteiger partial charge in [-0.1, -0.05) is 18.5 Å². The highest BCUT2D eigenvalue weighted by atomic mass is 35.5. The zero-order valence-electron chi connectivity index (χ0n) is 12.6. The van der Waals surface area contributed by atoms with Crippen molar-refractivity contribution in [2.24, 2.45) is 5.92 Å². The fourth-order valence-corrected chi connectivity index (χ4v) is 2.08. The summed E-state index contributed by atoms with van der Waals surface area (Å²) in [6.45, 7) is 5.75. The monoisotopic (exact) mass is 299 g/mol. The molecule has 0 aliphatic rings. The molecule has 112 valence electrons. The van der Waals surface area contributed by atoms with E-state index in [-0.39, 0.29) is 12.5 Å². The fraction of sp³-hybridized carbons (Fsp3) is 0.533. The second-order valence-corrected chi connectivity index (χ2v) is 5.93. The molecule has 2 N–H and O–H groups in total. The Bertz CT molecular complexity index is 449. The maximum absolute atomic E-state index is 11.7. The van der Waals surface area contributed by atoms with Crippen LogP contribution in [0.5, 0.6) is 5.75 Å². The SMILES string of the molecule is Cc1cc(OCC(=O)NC[C@@H](C)C[NH+](C)C)ccc1Cl. The Morgan fingerprint density at radius 2 is 2.15 bits per heavy atom. The van der Waals surface area contributed by atoms with Gasteiger partial charge in [-0.2, -0.15) is 0 Å². The summed E-state index contributed by atoms with van der Waals surface area (Å²) in [7, 11) is 4.20. The van der Waals surface area contributed by atoms with Crippen LogP contribution in [0.4, 0.5) is 0 Å². The largest absolute Gasteiger partial charge is 0.484 e. The minimum Gasteiger partial charge on any atom is -0.484 e. The van der Waals surface area contributed by atoms with Crippen LogP contribution in [0.2, 0.25) is 5.02 Å². The van der Waals surface area contributed by atoms with Gasteiger partial charge >= 0.3 is 0 Å². The number of halogens is 1. The summed E-state index contributed by atoms with van der Waals surface area (Å²) in [5.41, 5.74) is 0.937. The first-order valence-corrected chi connectivity index (χ1v) is 7.21. The molecule has 1 aromatic carbocycles. The molecule has 4 nitrogen and oxygen atoms in total. The lowest BCUT2D eigenvalue weighted by Crippen LogP contribution is -3.06. The summed E-state index contributed by atoms with van der Waals surface area (Å²) in [4.78, 5) is 13.1. The number of quaternary nitrogens is 1. The summed E-state index contributed by atoms with van der Waals surface area (Å²) < 4.78 is 5.44. The Morgan fingerprint density at radius 3 is 2.75 bits per heavy atom. The molecule has 1 amide bonds. The number of benzene rings is 1. The van der Waals surface area contributed by atoms with Crippen molar-refractivity contribution in [3.8, 4) is 5.75 Å². The summed E-state index contributed by atoms with van der Waals surface area (Å²) in [6.07, 6.45) is 0. The van der Waals surface area contributed by atoms with E-state index in [1.807, 2.05) is 13.0 Å². The molecule has 0 radical (unpaired) electrons. The molecular formula is C15H24ClN2O2+. The van der Waals surface area contributed by atoms with Crippen LogP contribution in [0.25, 0.3) is 0 Å². The van der Waals surface area contributed by atoms with E-state index < -0.39 is 0 Å². The van der Waals surface area contributed by atoms with Crippen LogP contribution in [0, 0.1) is 12.8 Å². The van der Waals surface area contributed by atoms with Crippen molar-refractivity contribution < 1.29 is 14.4 Å². The molecule has 0 unspecified atom stereocenters. The van der Waals surface area contributed by atoms with Crippen molar-refractivity contribution in [3.05, 3.63) is 28.8 Å². The lowest BCUT2D eigenvalue weighted by Gasteiger charge is -2.15. The van der Waals surface area contributed by atoms with E-state index in [9.17, 15) is 4.79 Å². The van der Waals surface area contributed by atoms with Gasteiger partial charge in [0.15, 0.2) is 6.61 Å². The molecule has 0 spiro atoms. The Kier molecular flexibility index (Phi) is 6.82. The lowest BCUT2D eigenvalue weighted by atomic mass is 10.2. The van der Waals surface area contributed by atoms with E-state index in [2.05, 4.69) is 26.3 Å². The van der Waals surface area contributed by atoms with Crippen molar-refractivity contribution in [1.82, 2.24) is 5.32 Å². The third-order valence-electron chi connectivity index (χ3n) is 2.90. The molecule has 0 aliphatic heterocycles. The van der Waals surface area contributed by atoms with Crippen LogP contribution < -0.4 is 15.0 Å². The van der Waals surface area contributed by atoms with Crippen molar-refractivity contribution in [3.63, 3.8) is 0 Å². The molecule has 0 aliphatic carbocycles. The summed E-state index contributed by atoms with van der Waals surface area (Å²) >= 11 is 5.93. The van der Waals surface area contributed by atoms with E-state index in [0.29, 0.717) is 23.2 Å². The molecule has 5 heteroatoms. The molecule has 0 heterocycles. The molecular weight excluding hydrogens is 276 g/mol. The number of carbonyl (C=O) groups is 1. The lowest BCUT2D eigenvalue weighted by molar-refractivity contribution is -0.861. The zero-order valence-corrected chi connectivity index (χ0v) is 13.4. The van der Waals surface area contributed by atoms with Gasteiger partial charge in [0.25, 0.3) is 5.91 Å². The van der Waals surface area contributed by atoms with Crippen LogP contribution in [0.1, 0.15) is 12.5 Å². The van der Waals surface area contributed by atoms with Gasteiger partial charge < -0.3 is 15.0 Å². The predicted molar refractivity (Wildman–Crippen MR) is 81.5 cm³/mol. The van der Waals surface area contributed by atoms with Gasteiger partial charge in [-0.3, -0.25) is 4.79 Å². The second-order valence-electron chi connectivity index (χ2n) is 5.52. The molecule has 1 aromatic rings. The average molecular weight is 300 g/mol. The Morgan fingerprint density at radius 1 is 1.45 bits per heavy atom. The van der Waals surface area contributed by atoms with Crippen molar-refractivity contribution in [2.75, 3.05) is 33.8 Å². The molecule has 0 aromatic heterocycles. The average Bonchev–Trinajstić information content (AvgIpc) is 2.37. The first-order valence-electron chi connectivity index (χ1n) is 6.83. The molecule has 0 bridgehead atoms. The molecule has 1 atom stereocenters. The van der Waals surface area contributed by atoms with Crippen molar-refractivity contribution >= 4 is 17.5 Å². The highest BCUT2D eigenvalue weighted by Gasteiger charge is 2.09. The number of ether oxygens (including phenoxy) is 1. The van der Waals surface area contributed by atoms with Crippen LogP contribution in [-0.2, 0) is 4.79 Å². The van der Waals surface area contributed by atoms with Gasteiger partial charge in [0.05, 0.1) is 20.6 Å². The summed E-state index contributed by atoms with van der Waals surface area (Å²) in [6, 6.07) is 5.36. The maximum Gasteiger partial charge on any atom is 0.257 e. The van der Waals surface area contributed by atoms with Crippen LogP contribution in [0.3, 0.4) is 0 Å². The number of aryl methyl sites for hydroxylation is 1. The van der Waals surface area contributed by atoms with Crippen molar-refractivity contribution in [1.29, 1.82) is 0 Å².